The standard InChI is InChI=1S/C27H25NO/c1-18(26-19(2)22-13-14-23(16-22)27(26)29)15-24(20-9-5-3-6-10-20)25(17-28)21-11-7-4-8-12-21/h3-14,22-25H,1,15-16H2,2H3. The molecule has 144 valence electrons. The summed E-state index contributed by atoms with van der Waals surface area (Å²) in [5, 5.41) is 10.1. The number of ketones is 1. The summed E-state index contributed by atoms with van der Waals surface area (Å²) in [6.45, 7) is 6.40. The molecule has 0 saturated heterocycles. The number of allylic oxidation sites excluding steroid dienone is 5. The summed E-state index contributed by atoms with van der Waals surface area (Å²) in [4.78, 5) is 13.0. The van der Waals surface area contributed by atoms with Crippen LogP contribution < -0.4 is 0 Å². The number of hydrogen-bond acceptors (Lipinski definition) is 2. The average molecular weight is 380 g/mol. The van der Waals surface area contributed by atoms with E-state index in [-0.39, 0.29) is 23.5 Å². The van der Waals surface area contributed by atoms with Crippen molar-refractivity contribution in [1.82, 2.24) is 0 Å². The molecule has 0 radical (unpaired) electrons. The minimum atomic E-state index is -0.301. The van der Waals surface area contributed by atoms with E-state index in [9.17, 15) is 10.1 Å². The molecule has 0 N–H and O–H groups in total. The summed E-state index contributed by atoms with van der Waals surface area (Å²) >= 11 is 0. The number of nitrogens with zero attached hydrogens (tertiary/aromatic N) is 1. The van der Waals surface area contributed by atoms with Crippen molar-refractivity contribution in [1.29, 1.82) is 5.26 Å². The van der Waals surface area contributed by atoms with Gasteiger partial charge in [0.25, 0.3) is 0 Å². The minimum Gasteiger partial charge on any atom is -0.294 e. The Morgan fingerprint density at radius 2 is 1.62 bits per heavy atom. The van der Waals surface area contributed by atoms with E-state index in [0.29, 0.717) is 12.3 Å². The van der Waals surface area contributed by atoms with Crippen LogP contribution in [0.3, 0.4) is 0 Å². The predicted octanol–water partition coefficient (Wildman–Crippen LogP) is 6.12. The smallest absolute Gasteiger partial charge is 0.169 e. The molecule has 2 aromatic carbocycles. The zero-order chi connectivity index (χ0) is 20.4. The Kier molecular flexibility index (Phi) is 5.32. The molecule has 0 saturated carbocycles. The van der Waals surface area contributed by atoms with Crippen LogP contribution in [-0.4, -0.2) is 5.78 Å². The van der Waals surface area contributed by atoms with E-state index >= 15 is 0 Å². The van der Waals surface area contributed by atoms with E-state index in [2.05, 4.69) is 37.8 Å². The highest BCUT2D eigenvalue weighted by molar-refractivity contribution is 6.04. The summed E-state index contributed by atoms with van der Waals surface area (Å²) < 4.78 is 0. The first kappa shape index (κ1) is 19.2. The van der Waals surface area contributed by atoms with Gasteiger partial charge in [-0.3, -0.25) is 4.79 Å². The van der Waals surface area contributed by atoms with E-state index in [1.807, 2.05) is 54.6 Å². The SMILES string of the molecule is C=C(CC(c1ccccc1)C(C#N)c1ccccc1)C1=C(C)C2C=CC(C2)C1=O. The van der Waals surface area contributed by atoms with E-state index in [4.69, 9.17) is 0 Å². The Morgan fingerprint density at radius 1 is 1.03 bits per heavy atom. The number of carbonyl (C=O) groups is 1. The number of rotatable bonds is 6. The molecule has 0 heterocycles. The van der Waals surface area contributed by atoms with Crippen molar-refractivity contribution in [2.24, 2.45) is 11.8 Å². The lowest BCUT2D eigenvalue weighted by atomic mass is 9.73. The van der Waals surface area contributed by atoms with Crippen LogP contribution in [0.15, 0.2) is 96.1 Å². The second-order valence-electron chi connectivity index (χ2n) is 8.10. The summed E-state index contributed by atoms with van der Waals surface area (Å²) in [5.74, 6) is 0.172. The van der Waals surface area contributed by atoms with Crippen LogP contribution >= 0.6 is 0 Å². The Morgan fingerprint density at radius 3 is 2.24 bits per heavy atom. The van der Waals surface area contributed by atoms with Gasteiger partial charge in [-0.1, -0.05) is 85.0 Å². The highest BCUT2D eigenvalue weighted by Gasteiger charge is 2.37. The van der Waals surface area contributed by atoms with Gasteiger partial charge in [-0.15, -0.1) is 0 Å². The van der Waals surface area contributed by atoms with Crippen LogP contribution in [0.25, 0.3) is 0 Å². The zero-order valence-corrected chi connectivity index (χ0v) is 16.7. The third-order valence-electron chi connectivity index (χ3n) is 6.37. The average Bonchev–Trinajstić information content (AvgIpc) is 3.21. The summed E-state index contributed by atoms with van der Waals surface area (Å²) in [5.41, 5.74) is 4.90. The number of Topliss-reactive ketones (excluding diaryl/α,β-unsaturated/α-hetero) is 1. The molecule has 4 unspecified atom stereocenters. The highest BCUT2D eigenvalue weighted by Crippen LogP contribution is 2.44. The maximum absolute atomic E-state index is 13.0. The summed E-state index contributed by atoms with van der Waals surface area (Å²) in [6.07, 6.45) is 5.70. The van der Waals surface area contributed by atoms with Crippen LogP contribution in [0.1, 0.15) is 42.7 Å². The Labute approximate surface area is 172 Å². The molecule has 2 nitrogen and oxygen atoms in total. The quantitative estimate of drug-likeness (QED) is 0.568. The fourth-order valence-electron chi connectivity index (χ4n) is 4.79. The minimum absolute atomic E-state index is 0.00786. The molecule has 0 aliphatic heterocycles. The van der Waals surface area contributed by atoms with Crippen molar-refractivity contribution in [2.75, 3.05) is 0 Å². The van der Waals surface area contributed by atoms with Crippen LogP contribution in [0.4, 0.5) is 0 Å². The number of benzene rings is 2. The predicted molar refractivity (Wildman–Crippen MR) is 116 cm³/mol. The van der Waals surface area contributed by atoms with Gasteiger partial charge in [-0.05, 0) is 42.4 Å². The third kappa shape index (κ3) is 3.61. The molecule has 29 heavy (non-hydrogen) atoms. The first-order valence-electron chi connectivity index (χ1n) is 10.2. The van der Waals surface area contributed by atoms with E-state index in [1.165, 1.54) is 0 Å². The van der Waals surface area contributed by atoms with Gasteiger partial charge in [-0.25, -0.2) is 0 Å². The molecule has 2 heteroatoms. The molecule has 2 aliphatic rings. The van der Waals surface area contributed by atoms with Crippen LogP contribution in [-0.2, 0) is 4.79 Å². The molecule has 0 aromatic heterocycles. The molecular weight excluding hydrogens is 354 g/mol. The topological polar surface area (TPSA) is 40.9 Å². The molecule has 0 spiro atoms. The molecule has 4 rings (SSSR count). The normalized spacial score (nSPS) is 22.3. The molecule has 2 aromatic rings. The first-order valence-corrected chi connectivity index (χ1v) is 10.2. The molecule has 4 atom stereocenters. The van der Waals surface area contributed by atoms with Gasteiger partial charge < -0.3 is 0 Å². The summed E-state index contributed by atoms with van der Waals surface area (Å²) in [7, 11) is 0. The van der Waals surface area contributed by atoms with Gasteiger partial charge in [0.05, 0.1) is 12.0 Å². The second kappa shape index (κ2) is 8.05. The number of nitriles is 1. The van der Waals surface area contributed by atoms with Gasteiger partial charge in [0.1, 0.15) is 0 Å². The van der Waals surface area contributed by atoms with E-state index in [1.54, 1.807) is 0 Å². The molecule has 0 amide bonds. The third-order valence-corrected chi connectivity index (χ3v) is 6.37. The van der Waals surface area contributed by atoms with Crippen LogP contribution in [0, 0.1) is 23.2 Å². The van der Waals surface area contributed by atoms with Gasteiger partial charge in [0.15, 0.2) is 5.78 Å². The first-order chi connectivity index (χ1) is 14.1. The summed E-state index contributed by atoms with van der Waals surface area (Å²) in [6, 6.07) is 22.6. The zero-order valence-electron chi connectivity index (χ0n) is 16.7. The van der Waals surface area contributed by atoms with Gasteiger partial charge in [0.2, 0.25) is 0 Å². The Hall–Kier alpha value is -3.18. The maximum Gasteiger partial charge on any atom is 0.169 e. The highest BCUT2D eigenvalue weighted by atomic mass is 16.1. The van der Waals surface area contributed by atoms with Gasteiger partial charge in [0, 0.05) is 17.4 Å². The lowest BCUT2D eigenvalue weighted by molar-refractivity contribution is -0.118. The molecule has 0 fully saturated rings. The molecular formula is C27H25NO. The lowest BCUT2D eigenvalue weighted by Gasteiger charge is -2.28. The van der Waals surface area contributed by atoms with Gasteiger partial charge in [-0.2, -0.15) is 5.26 Å². The fraction of sp³-hybridized carbons (Fsp3) is 0.259. The lowest BCUT2D eigenvalue weighted by Crippen LogP contribution is -2.24. The van der Waals surface area contributed by atoms with Gasteiger partial charge >= 0.3 is 0 Å². The fourth-order valence-corrected chi connectivity index (χ4v) is 4.79. The maximum atomic E-state index is 13.0. The van der Waals surface area contributed by atoms with Crippen molar-refractivity contribution < 1.29 is 4.79 Å². The largest absolute Gasteiger partial charge is 0.294 e. The van der Waals surface area contributed by atoms with Crippen molar-refractivity contribution in [3.63, 3.8) is 0 Å². The van der Waals surface area contributed by atoms with Crippen molar-refractivity contribution >= 4 is 5.78 Å². The Bertz CT molecular complexity index is 1020. The van der Waals surface area contributed by atoms with Crippen molar-refractivity contribution in [3.05, 3.63) is 107 Å². The van der Waals surface area contributed by atoms with Crippen molar-refractivity contribution in [3.8, 4) is 6.07 Å². The van der Waals surface area contributed by atoms with E-state index < -0.39 is 0 Å². The molecule has 2 aliphatic carbocycles. The molecule has 2 bridgehead atoms. The van der Waals surface area contributed by atoms with E-state index in [0.717, 1.165) is 34.3 Å². The number of hydrogen-bond donors (Lipinski definition) is 0. The monoisotopic (exact) mass is 379 g/mol. The number of fused-ring (bicyclic) bond motifs is 2. The van der Waals surface area contributed by atoms with Crippen molar-refractivity contribution in [2.45, 2.75) is 31.6 Å². The number of carbonyl (C=O) groups excluding carboxylic acids is 1. The van der Waals surface area contributed by atoms with Crippen LogP contribution in [0.5, 0.6) is 0 Å². The van der Waals surface area contributed by atoms with Crippen LogP contribution in [0.2, 0.25) is 0 Å². The Balaban J connectivity index is 1.70. The second-order valence-corrected chi connectivity index (χ2v) is 8.10.